The summed E-state index contributed by atoms with van der Waals surface area (Å²) in [7, 11) is 0. The number of ether oxygens (including phenoxy) is 1. The van der Waals surface area contributed by atoms with Crippen molar-refractivity contribution >= 4 is 11.9 Å². The van der Waals surface area contributed by atoms with Gasteiger partial charge in [0.2, 0.25) is 5.91 Å². The number of hydrogen-bond acceptors (Lipinski definition) is 3. The van der Waals surface area contributed by atoms with Gasteiger partial charge in [0.25, 0.3) is 0 Å². The van der Waals surface area contributed by atoms with Crippen molar-refractivity contribution in [2.24, 2.45) is 11.3 Å². The van der Waals surface area contributed by atoms with Gasteiger partial charge in [-0.3, -0.25) is 4.79 Å². The van der Waals surface area contributed by atoms with Crippen molar-refractivity contribution in [3.8, 4) is 0 Å². The first-order valence-electron chi connectivity index (χ1n) is 6.36. The Morgan fingerprint density at radius 3 is 2.33 bits per heavy atom. The lowest BCUT2D eigenvalue weighted by Gasteiger charge is -2.58. The van der Waals surface area contributed by atoms with E-state index in [1.807, 2.05) is 20.8 Å². The average Bonchev–Trinajstić information content (AvgIpc) is 2.26. The number of carbonyl (C=O) groups excluding carboxylic acids is 1. The first kappa shape index (κ1) is 15.0. The largest absolute Gasteiger partial charge is 0.479 e. The third-order valence-corrected chi connectivity index (χ3v) is 3.99. The van der Waals surface area contributed by atoms with E-state index in [2.05, 4.69) is 5.32 Å². The maximum absolute atomic E-state index is 11.8. The number of amides is 1. The quantitative estimate of drug-likeness (QED) is 0.781. The number of aliphatic carboxylic acids is 1. The van der Waals surface area contributed by atoms with Crippen LogP contribution in [0.2, 0.25) is 0 Å². The predicted octanol–water partition coefficient (Wildman–Crippen LogP) is 1.42. The highest BCUT2D eigenvalue weighted by molar-refractivity contribution is 5.90. The third kappa shape index (κ3) is 2.11. The summed E-state index contributed by atoms with van der Waals surface area (Å²) in [6.07, 6.45) is 0.188. The molecule has 0 aromatic heterocycles. The van der Waals surface area contributed by atoms with Crippen LogP contribution in [-0.2, 0) is 14.3 Å². The normalized spacial score (nSPS) is 29.8. The molecular formula is C13H23NO4. The Bertz CT molecular complexity index is 351. The molecule has 5 heteroatoms. The van der Waals surface area contributed by atoms with Gasteiger partial charge in [0.15, 0.2) is 0 Å². The van der Waals surface area contributed by atoms with Crippen LogP contribution in [-0.4, -0.2) is 35.2 Å². The molecule has 0 aromatic rings. The zero-order chi connectivity index (χ0) is 14.1. The molecular weight excluding hydrogens is 234 g/mol. The minimum Gasteiger partial charge on any atom is -0.479 e. The van der Waals surface area contributed by atoms with Gasteiger partial charge in [-0.05, 0) is 6.92 Å². The Morgan fingerprint density at radius 1 is 1.44 bits per heavy atom. The lowest BCUT2D eigenvalue weighted by molar-refractivity contribution is -0.195. The molecule has 1 rings (SSSR count). The highest BCUT2D eigenvalue weighted by Gasteiger charge is 2.66. The Morgan fingerprint density at radius 2 is 2.00 bits per heavy atom. The number of carbonyl (C=O) groups is 2. The third-order valence-electron chi connectivity index (χ3n) is 3.99. The van der Waals surface area contributed by atoms with Crippen molar-refractivity contribution in [2.75, 3.05) is 6.61 Å². The van der Waals surface area contributed by atoms with Gasteiger partial charge < -0.3 is 15.2 Å². The first-order valence-corrected chi connectivity index (χ1v) is 6.36. The number of hydrogen-bond donors (Lipinski definition) is 2. The van der Waals surface area contributed by atoms with E-state index in [0.717, 1.165) is 0 Å². The highest BCUT2D eigenvalue weighted by Crippen LogP contribution is 2.51. The lowest BCUT2D eigenvalue weighted by Crippen LogP contribution is -2.76. The van der Waals surface area contributed by atoms with Crippen molar-refractivity contribution in [2.45, 2.75) is 52.7 Å². The molecule has 0 bridgehead atoms. The van der Waals surface area contributed by atoms with Gasteiger partial charge in [0, 0.05) is 24.4 Å². The SMILES string of the molecule is CCOC1CC(NC(=O)C(C)C)(C(=O)O)C1(C)C. The van der Waals surface area contributed by atoms with Crippen molar-refractivity contribution in [3.05, 3.63) is 0 Å². The van der Waals surface area contributed by atoms with Crippen molar-refractivity contribution in [1.82, 2.24) is 5.32 Å². The maximum Gasteiger partial charge on any atom is 0.330 e. The van der Waals surface area contributed by atoms with Gasteiger partial charge in [-0.25, -0.2) is 4.79 Å². The summed E-state index contributed by atoms with van der Waals surface area (Å²) in [5.41, 5.74) is -1.83. The van der Waals surface area contributed by atoms with Crippen molar-refractivity contribution in [3.63, 3.8) is 0 Å². The fourth-order valence-electron chi connectivity index (χ4n) is 2.39. The van der Waals surface area contributed by atoms with Gasteiger partial charge in [0.05, 0.1) is 6.10 Å². The highest BCUT2D eigenvalue weighted by atomic mass is 16.5. The maximum atomic E-state index is 11.8. The zero-order valence-corrected chi connectivity index (χ0v) is 11.7. The molecule has 1 fully saturated rings. The summed E-state index contributed by atoms with van der Waals surface area (Å²) in [5.74, 6) is -1.46. The van der Waals surface area contributed by atoms with E-state index in [1.54, 1.807) is 13.8 Å². The molecule has 18 heavy (non-hydrogen) atoms. The van der Waals surface area contributed by atoms with E-state index in [4.69, 9.17) is 4.74 Å². The first-order chi connectivity index (χ1) is 8.19. The summed E-state index contributed by atoms with van der Waals surface area (Å²) in [5, 5.41) is 12.2. The summed E-state index contributed by atoms with van der Waals surface area (Å²) in [6, 6.07) is 0. The number of carboxylic acid groups (broad SMARTS) is 1. The summed E-state index contributed by atoms with van der Waals surface area (Å²) in [6.45, 7) is 9.57. The molecule has 0 aliphatic heterocycles. The smallest absolute Gasteiger partial charge is 0.330 e. The molecule has 2 unspecified atom stereocenters. The van der Waals surface area contributed by atoms with Gasteiger partial charge in [-0.2, -0.15) is 0 Å². The van der Waals surface area contributed by atoms with Crippen LogP contribution in [0.4, 0.5) is 0 Å². The van der Waals surface area contributed by atoms with Gasteiger partial charge in [-0.1, -0.05) is 27.7 Å². The lowest BCUT2D eigenvalue weighted by atomic mass is 9.54. The predicted molar refractivity (Wildman–Crippen MR) is 67.2 cm³/mol. The number of rotatable bonds is 5. The summed E-state index contributed by atoms with van der Waals surface area (Å²) >= 11 is 0. The molecule has 0 aromatic carbocycles. The second-order valence-corrected chi connectivity index (χ2v) is 5.72. The van der Waals surface area contributed by atoms with Gasteiger partial charge in [-0.15, -0.1) is 0 Å². The van der Waals surface area contributed by atoms with Crippen LogP contribution < -0.4 is 5.32 Å². The van der Waals surface area contributed by atoms with Crippen LogP contribution in [0.15, 0.2) is 0 Å². The van der Waals surface area contributed by atoms with Crippen LogP contribution in [0, 0.1) is 11.3 Å². The Labute approximate surface area is 108 Å². The van der Waals surface area contributed by atoms with Crippen LogP contribution >= 0.6 is 0 Å². The molecule has 1 aliphatic rings. The molecule has 2 N–H and O–H groups in total. The molecule has 0 saturated heterocycles. The van der Waals surface area contributed by atoms with E-state index in [0.29, 0.717) is 13.0 Å². The fourth-order valence-corrected chi connectivity index (χ4v) is 2.39. The Balaban J connectivity index is 2.92. The van der Waals surface area contributed by atoms with Crippen LogP contribution in [0.25, 0.3) is 0 Å². The van der Waals surface area contributed by atoms with Crippen LogP contribution in [0.3, 0.4) is 0 Å². The standard InChI is InChI=1S/C13H23NO4/c1-6-18-9-7-13(11(16)17,12(9,4)5)14-10(15)8(2)3/h8-9H,6-7H2,1-5H3,(H,14,15)(H,16,17). The van der Waals surface area contributed by atoms with Gasteiger partial charge in [0.1, 0.15) is 5.54 Å². The minimum atomic E-state index is -1.21. The van der Waals surface area contributed by atoms with Crippen molar-refractivity contribution < 1.29 is 19.4 Å². The van der Waals surface area contributed by atoms with E-state index in [9.17, 15) is 14.7 Å². The Hall–Kier alpha value is -1.10. The molecule has 5 nitrogen and oxygen atoms in total. The molecule has 2 atom stereocenters. The van der Waals surface area contributed by atoms with E-state index in [1.165, 1.54) is 0 Å². The van der Waals surface area contributed by atoms with Gasteiger partial charge >= 0.3 is 5.97 Å². The fraction of sp³-hybridized carbons (Fsp3) is 0.846. The van der Waals surface area contributed by atoms with Crippen LogP contribution in [0.1, 0.15) is 41.0 Å². The molecule has 104 valence electrons. The number of nitrogens with one attached hydrogen (secondary N) is 1. The molecule has 1 amide bonds. The zero-order valence-electron chi connectivity index (χ0n) is 11.7. The summed E-state index contributed by atoms with van der Waals surface area (Å²) in [4.78, 5) is 23.3. The van der Waals surface area contributed by atoms with Crippen molar-refractivity contribution in [1.29, 1.82) is 0 Å². The molecule has 1 saturated carbocycles. The van der Waals surface area contributed by atoms with E-state index >= 15 is 0 Å². The minimum absolute atomic E-state index is 0.133. The molecule has 1 aliphatic carbocycles. The molecule has 0 radical (unpaired) electrons. The molecule has 0 spiro atoms. The summed E-state index contributed by atoms with van der Waals surface area (Å²) < 4.78 is 5.53. The monoisotopic (exact) mass is 257 g/mol. The van der Waals surface area contributed by atoms with E-state index < -0.39 is 16.9 Å². The topological polar surface area (TPSA) is 75.6 Å². The average molecular weight is 257 g/mol. The Kier molecular flexibility index (Phi) is 4.05. The van der Waals surface area contributed by atoms with E-state index in [-0.39, 0.29) is 17.9 Å². The second-order valence-electron chi connectivity index (χ2n) is 5.72. The number of carboxylic acids is 1. The molecule has 0 heterocycles. The van der Waals surface area contributed by atoms with Crippen LogP contribution in [0.5, 0.6) is 0 Å². The second kappa shape index (κ2) is 4.88.